The second-order valence-corrected chi connectivity index (χ2v) is 6.36. The van der Waals surface area contributed by atoms with Gasteiger partial charge < -0.3 is 10.2 Å². The molecule has 0 saturated carbocycles. The lowest BCUT2D eigenvalue weighted by Crippen LogP contribution is -2.47. The molecular formula is C14H26N2O. The van der Waals surface area contributed by atoms with E-state index in [1.54, 1.807) is 0 Å². The quantitative estimate of drug-likeness (QED) is 0.814. The third-order valence-electron chi connectivity index (χ3n) is 4.53. The summed E-state index contributed by atoms with van der Waals surface area (Å²) in [4.78, 5) is 14.0. The minimum atomic E-state index is 0.338. The SMILES string of the molecule is CCC(C)(C)CNC1CC(=O)N2CCCCC12. The number of rotatable bonds is 4. The van der Waals surface area contributed by atoms with Crippen LogP contribution in [0, 0.1) is 5.41 Å². The Kier molecular flexibility index (Phi) is 3.76. The van der Waals surface area contributed by atoms with Crippen molar-refractivity contribution < 1.29 is 4.79 Å². The van der Waals surface area contributed by atoms with Crippen molar-refractivity contribution in [2.24, 2.45) is 5.41 Å². The normalized spacial score (nSPS) is 29.6. The highest BCUT2D eigenvalue weighted by Crippen LogP contribution is 2.29. The van der Waals surface area contributed by atoms with Gasteiger partial charge in [0.05, 0.1) is 0 Å². The number of hydrogen-bond donors (Lipinski definition) is 1. The molecule has 0 bridgehead atoms. The van der Waals surface area contributed by atoms with E-state index in [1.165, 1.54) is 25.7 Å². The zero-order chi connectivity index (χ0) is 12.5. The Morgan fingerprint density at radius 2 is 2.18 bits per heavy atom. The van der Waals surface area contributed by atoms with Crippen LogP contribution in [-0.2, 0) is 4.79 Å². The molecule has 2 fully saturated rings. The van der Waals surface area contributed by atoms with Crippen LogP contribution in [0.3, 0.4) is 0 Å². The molecule has 17 heavy (non-hydrogen) atoms. The summed E-state index contributed by atoms with van der Waals surface area (Å²) in [5.74, 6) is 0.363. The van der Waals surface area contributed by atoms with Crippen LogP contribution < -0.4 is 5.32 Å². The summed E-state index contributed by atoms with van der Waals surface area (Å²) >= 11 is 0. The topological polar surface area (TPSA) is 32.3 Å². The summed E-state index contributed by atoms with van der Waals surface area (Å²) in [6.07, 6.45) is 5.55. The van der Waals surface area contributed by atoms with E-state index in [-0.39, 0.29) is 0 Å². The summed E-state index contributed by atoms with van der Waals surface area (Å²) in [6.45, 7) is 8.81. The number of carbonyl (C=O) groups excluding carboxylic acids is 1. The van der Waals surface area contributed by atoms with Crippen LogP contribution >= 0.6 is 0 Å². The van der Waals surface area contributed by atoms with Gasteiger partial charge in [0, 0.05) is 31.6 Å². The first-order valence-corrected chi connectivity index (χ1v) is 7.06. The van der Waals surface area contributed by atoms with Gasteiger partial charge in [-0.1, -0.05) is 20.8 Å². The molecule has 0 aromatic heterocycles. The summed E-state index contributed by atoms with van der Waals surface area (Å²) in [6, 6.07) is 0.873. The number of nitrogens with zero attached hydrogens (tertiary/aromatic N) is 1. The van der Waals surface area contributed by atoms with Crippen LogP contribution in [0.25, 0.3) is 0 Å². The molecular weight excluding hydrogens is 212 g/mol. The second-order valence-electron chi connectivity index (χ2n) is 6.36. The molecule has 1 amide bonds. The summed E-state index contributed by atoms with van der Waals surface area (Å²) in [7, 11) is 0. The molecule has 2 saturated heterocycles. The molecule has 0 aromatic carbocycles. The van der Waals surface area contributed by atoms with Gasteiger partial charge in [0.25, 0.3) is 0 Å². The monoisotopic (exact) mass is 238 g/mol. The molecule has 0 aromatic rings. The van der Waals surface area contributed by atoms with E-state index in [9.17, 15) is 4.79 Å². The molecule has 0 aliphatic carbocycles. The lowest BCUT2D eigenvalue weighted by Gasteiger charge is -2.34. The Balaban J connectivity index is 1.91. The first-order chi connectivity index (χ1) is 8.03. The first-order valence-electron chi connectivity index (χ1n) is 7.06. The predicted octanol–water partition coefficient (Wildman–Crippen LogP) is 2.17. The number of carbonyl (C=O) groups is 1. The maximum Gasteiger partial charge on any atom is 0.224 e. The number of amides is 1. The zero-order valence-electron chi connectivity index (χ0n) is 11.5. The minimum Gasteiger partial charge on any atom is -0.338 e. The second kappa shape index (κ2) is 4.97. The molecule has 98 valence electrons. The van der Waals surface area contributed by atoms with Crippen LogP contribution in [0.15, 0.2) is 0 Å². The average molecular weight is 238 g/mol. The largest absolute Gasteiger partial charge is 0.338 e. The lowest BCUT2D eigenvalue weighted by atomic mass is 9.89. The Bertz CT molecular complexity index is 288. The fourth-order valence-electron chi connectivity index (χ4n) is 2.87. The molecule has 3 nitrogen and oxygen atoms in total. The van der Waals surface area contributed by atoms with Gasteiger partial charge in [-0.2, -0.15) is 0 Å². The van der Waals surface area contributed by atoms with Crippen molar-refractivity contribution in [3.63, 3.8) is 0 Å². The van der Waals surface area contributed by atoms with E-state index < -0.39 is 0 Å². The van der Waals surface area contributed by atoms with Crippen molar-refractivity contribution in [1.29, 1.82) is 0 Å². The van der Waals surface area contributed by atoms with Gasteiger partial charge in [-0.05, 0) is 31.1 Å². The molecule has 2 aliphatic heterocycles. The van der Waals surface area contributed by atoms with E-state index in [1.807, 2.05) is 0 Å². The van der Waals surface area contributed by atoms with Gasteiger partial charge in [-0.15, -0.1) is 0 Å². The molecule has 2 aliphatic rings. The Hall–Kier alpha value is -0.570. The highest BCUT2D eigenvalue weighted by atomic mass is 16.2. The van der Waals surface area contributed by atoms with Crippen LogP contribution in [0.4, 0.5) is 0 Å². The predicted molar refractivity (Wildman–Crippen MR) is 69.8 cm³/mol. The standard InChI is InChI=1S/C14H26N2O/c1-4-14(2,3)10-15-11-9-13(17)16-8-6-5-7-12(11)16/h11-12,15H,4-10H2,1-3H3. The maximum absolute atomic E-state index is 11.9. The number of hydrogen-bond acceptors (Lipinski definition) is 2. The zero-order valence-corrected chi connectivity index (χ0v) is 11.5. The van der Waals surface area contributed by atoms with E-state index >= 15 is 0 Å². The molecule has 2 heterocycles. The van der Waals surface area contributed by atoms with Gasteiger partial charge in [-0.3, -0.25) is 4.79 Å². The van der Waals surface area contributed by atoms with Crippen LogP contribution in [0.1, 0.15) is 52.9 Å². The van der Waals surface area contributed by atoms with Gasteiger partial charge in [0.1, 0.15) is 0 Å². The molecule has 2 atom stereocenters. The molecule has 1 N–H and O–H groups in total. The van der Waals surface area contributed by atoms with Crippen molar-refractivity contribution in [3.05, 3.63) is 0 Å². The van der Waals surface area contributed by atoms with Crippen molar-refractivity contribution in [2.75, 3.05) is 13.1 Å². The fourth-order valence-corrected chi connectivity index (χ4v) is 2.87. The van der Waals surface area contributed by atoms with Crippen LogP contribution in [-0.4, -0.2) is 36.0 Å². The van der Waals surface area contributed by atoms with Crippen molar-refractivity contribution in [1.82, 2.24) is 10.2 Å². The van der Waals surface area contributed by atoms with Gasteiger partial charge in [0.15, 0.2) is 0 Å². The Morgan fingerprint density at radius 1 is 1.41 bits per heavy atom. The molecule has 2 unspecified atom stereocenters. The smallest absolute Gasteiger partial charge is 0.224 e. The van der Waals surface area contributed by atoms with Gasteiger partial charge in [0.2, 0.25) is 5.91 Å². The Morgan fingerprint density at radius 3 is 2.88 bits per heavy atom. The minimum absolute atomic E-state index is 0.338. The lowest BCUT2D eigenvalue weighted by molar-refractivity contribution is -0.129. The summed E-state index contributed by atoms with van der Waals surface area (Å²) < 4.78 is 0. The highest BCUT2D eigenvalue weighted by molar-refractivity contribution is 5.80. The van der Waals surface area contributed by atoms with Crippen LogP contribution in [0.5, 0.6) is 0 Å². The molecule has 0 radical (unpaired) electrons. The number of fused-ring (bicyclic) bond motifs is 1. The van der Waals surface area contributed by atoms with Crippen molar-refractivity contribution in [3.8, 4) is 0 Å². The average Bonchev–Trinajstić information content (AvgIpc) is 2.65. The van der Waals surface area contributed by atoms with Crippen molar-refractivity contribution in [2.45, 2.75) is 65.0 Å². The van der Waals surface area contributed by atoms with E-state index in [4.69, 9.17) is 0 Å². The van der Waals surface area contributed by atoms with E-state index in [0.717, 1.165) is 13.1 Å². The van der Waals surface area contributed by atoms with E-state index in [2.05, 4.69) is 31.0 Å². The molecule has 3 heteroatoms. The molecule has 0 spiro atoms. The maximum atomic E-state index is 11.9. The van der Waals surface area contributed by atoms with Gasteiger partial charge in [-0.25, -0.2) is 0 Å². The molecule has 2 rings (SSSR count). The summed E-state index contributed by atoms with van der Waals surface area (Å²) in [5.41, 5.74) is 0.338. The van der Waals surface area contributed by atoms with Crippen molar-refractivity contribution >= 4 is 5.91 Å². The van der Waals surface area contributed by atoms with E-state index in [0.29, 0.717) is 29.8 Å². The fraction of sp³-hybridized carbons (Fsp3) is 0.929. The van der Waals surface area contributed by atoms with Gasteiger partial charge >= 0.3 is 0 Å². The van der Waals surface area contributed by atoms with Crippen LogP contribution in [0.2, 0.25) is 0 Å². The first kappa shape index (κ1) is 12.9. The third-order valence-corrected chi connectivity index (χ3v) is 4.53. The number of piperidine rings is 1. The highest BCUT2D eigenvalue weighted by Gasteiger charge is 2.40. The summed E-state index contributed by atoms with van der Waals surface area (Å²) in [5, 5.41) is 3.64. The number of nitrogens with one attached hydrogen (secondary N) is 1. The Labute approximate surface area is 105 Å². The third kappa shape index (κ3) is 2.82.